The fourth-order valence-corrected chi connectivity index (χ4v) is 2.69. The van der Waals surface area contributed by atoms with Gasteiger partial charge in [0.2, 0.25) is 5.91 Å². The Hall–Kier alpha value is -1.42. The first kappa shape index (κ1) is 15.0. The van der Waals surface area contributed by atoms with E-state index in [0.717, 1.165) is 38.2 Å². The third-order valence-electron chi connectivity index (χ3n) is 3.95. The quantitative estimate of drug-likeness (QED) is 0.798. The van der Waals surface area contributed by atoms with Crippen molar-refractivity contribution in [3.63, 3.8) is 0 Å². The number of likely N-dealkylation sites (N-methyl/N-ethyl adjacent to an activating group) is 1. The van der Waals surface area contributed by atoms with Gasteiger partial charge in [0.15, 0.2) is 0 Å². The van der Waals surface area contributed by atoms with Crippen molar-refractivity contribution in [1.29, 1.82) is 0 Å². The molecule has 0 spiro atoms. The normalized spacial score (nSPS) is 17.0. The summed E-state index contributed by atoms with van der Waals surface area (Å²) in [4.78, 5) is 15.7. The van der Waals surface area contributed by atoms with Crippen LogP contribution in [-0.2, 0) is 4.79 Å². The van der Waals surface area contributed by atoms with Crippen LogP contribution >= 0.6 is 0 Å². The Bertz CT molecular complexity index is 446. The molecule has 110 valence electrons. The monoisotopic (exact) mass is 278 g/mol. The van der Waals surface area contributed by atoms with Gasteiger partial charge in [-0.25, -0.2) is 4.39 Å². The summed E-state index contributed by atoms with van der Waals surface area (Å²) in [6, 6.07) is 6.71. The summed E-state index contributed by atoms with van der Waals surface area (Å²) in [5.74, 6) is 0.446. The van der Waals surface area contributed by atoms with Crippen molar-refractivity contribution in [3.05, 3.63) is 35.6 Å². The molecule has 0 radical (unpaired) electrons. The molecule has 1 fully saturated rings. The van der Waals surface area contributed by atoms with Crippen LogP contribution in [0.1, 0.15) is 31.2 Å². The van der Waals surface area contributed by atoms with Crippen molar-refractivity contribution in [3.8, 4) is 0 Å². The highest BCUT2D eigenvalue weighted by Gasteiger charge is 2.20. The zero-order chi connectivity index (χ0) is 14.5. The third kappa shape index (κ3) is 4.04. The van der Waals surface area contributed by atoms with Gasteiger partial charge >= 0.3 is 0 Å². The average Bonchev–Trinajstić information content (AvgIpc) is 2.82. The molecule has 0 saturated carbocycles. The summed E-state index contributed by atoms with van der Waals surface area (Å²) in [6.07, 6.45) is 1.70. The van der Waals surface area contributed by atoms with Crippen LogP contribution < -0.4 is 0 Å². The molecule has 1 aromatic rings. The van der Waals surface area contributed by atoms with Gasteiger partial charge < -0.3 is 9.80 Å². The van der Waals surface area contributed by atoms with Gasteiger partial charge in [-0.3, -0.25) is 4.79 Å². The molecule has 4 heteroatoms. The fourth-order valence-electron chi connectivity index (χ4n) is 2.69. The van der Waals surface area contributed by atoms with Crippen LogP contribution in [0.5, 0.6) is 0 Å². The molecular weight excluding hydrogens is 255 g/mol. The summed E-state index contributed by atoms with van der Waals surface area (Å²) < 4.78 is 12.9. The zero-order valence-electron chi connectivity index (χ0n) is 12.3. The van der Waals surface area contributed by atoms with Crippen molar-refractivity contribution in [2.24, 2.45) is 0 Å². The Morgan fingerprint density at radius 3 is 2.65 bits per heavy atom. The molecule has 1 aliphatic rings. The first-order chi connectivity index (χ1) is 9.56. The molecule has 3 nitrogen and oxygen atoms in total. The minimum Gasteiger partial charge on any atom is -0.341 e. The maximum absolute atomic E-state index is 12.9. The molecule has 1 amide bonds. The topological polar surface area (TPSA) is 23.6 Å². The highest BCUT2D eigenvalue weighted by Crippen LogP contribution is 2.16. The Kier molecular flexibility index (Phi) is 5.12. The second-order valence-electron chi connectivity index (χ2n) is 5.70. The predicted octanol–water partition coefficient (Wildman–Crippen LogP) is 2.48. The Morgan fingerprint density at radius 2 is 2.05 bits per heavy atom. The zero-order valence-corrected chi connectivity index (χ0v) is 12.3. The summed E-state index contributed by atoms with van der Waals surface area (Å²) in [5, 5.41) is 0. The van der Waals surface area contributed by atoms with Crippen LogP contribution in [0.15, 0.2) is 24.3 Å². The number of rotatable bonds is 6. The van der Waals surface area contributed by atoms with E-state index in [-0.39, 0.29) is 11.7 Å². The lowest BCUT2D eigenvalue weighted by Gasteiger charge is -2.24. The minimum absolute atomic E-state index is 0.193. The summed E-state index contributed by atoms with van der Waals surface area (Å²) >= 11 is 0. The lowest BCUT2D eigenvalue weighted by Crippen LogP contribution is -2.35. The molecule has 0 N–H and O–H groups in total. The van der Waals surface area contributed by atoms with E-state index >= 15 is 0 Å². The number of amides is 1. The van der Waals surface area contributed by atoms with E-state index in [1.807, 2.05) is 17.0 Å². The maximum atomic E-state index is 12.9. The predicted molar refractivity (Wildman–Crippen MR) is 78.1 cm³/mol. The highest BCUT2D eigenvalue weighted by molar-refractivity contribution is 5.78. The van der Waals surface area contributed by atoms with Crippen LogP contribution in [0.25, 0.3) is 0 Å². The fraction of sp³-hybridized carbons (Fsp3) is 0.562. The van der Waals surface area contributed by atoms with E-state index in [0.29, 0.717) is 12.3 Å². The SMILES string of the molecule is C[C@H](CN(C)CCN1CCCC1=O)c1ccc(F)cc1. The van der Waals surface area contributed by atoms with Crippen molar-refractivity contribution in [2.45, 2.75) is 25.7 Å². The first-order valence-electron chi connectivity index (χ1n) is 7.28. The molecule has 1 aliphatic heterocycles. The van der Waals surface area contributed by atoms with Gasteiger partial charge in [0.25, 0.3) is 0 Å². The van der Waals surface area contributed by atoms with Crippen LogP contribution in [0, 0.1) is 5.82 Å². The van der Waals surface area contributed by atoms with Crippen molar-refractivity contribution in [1.82, 2.24) is 9.80 Å². The maximum Gasteiger partial charge on any atom is 0.222 e. The molecule has 0 unspecified atom stereocenters. The number of benzene rings is 1. The van der Waals surface area contributed by atoms with Gasteiger partial charge in [0.05, 0.1) is 0 Å². The summed E-state index contributed by atoms with van der Waals surface area (Å²) in [6.45, 7) is 5.65. The van der Waals surface area contributed by atoms with E-state index in [9.17, 15) is 9.18 Å². The van der Waals surface area contributed by atoms with Crippen LogP contribution in [-0.4, -0.2) is 48.9 Å². The van der Waals surface area contributed by atoms with Crippen LogP contribution in [0.2, 0.25) is 0 Å². The van der Waals surface area contributed by atoms with E-state index < -0.39 is 0 Å². The molecule has 0 aliphatic carbocycles. The van der Waals surface area contributed by atoms with Gasteiger partial charge in [-0.15, -0.1) is 0 Å². The minimum atomic E-state index is -0.193. The molecule has 20 heavy (non-hydrogen) atoms. The smallest absolute Gasteiger partial charge is 0.222 e. The van der Waals surface area contributed by atoms with Crippen molar-refractivity contribution >= 4 is 5.91 Å². The molecule has 1 saturated heterocycles. The van der Waals surface area contributed by atoms with E-state index in [4.69, 9.17) is 0 Å². The first-order valence-corrected chi connectivity index (χ1v) is 7.28. The van der Waals surface area contributed by atoms with Crippen molar-refractivity contribution in [2.75, 3.05) is 33.2 Å². The number of carbonyl (C=O) groups excluding carboxylic acids is 1. The number of hydrogen-bond acceptors (Lipinski definition) is 2. The van der Waals surface area contributed by atoms with E-state index in [1.54, 1.807) is 0 Å². The largest absolute Gasteiger partial charge is 0.341 e. The van der Waals surface area contributed by atoms with Crippen LogP contribution in [0.4, 0.5) is 4.39 Å². The number of likely N-dealkylation sites (tertiary alicyclic amines) is 1. The highest BCUT2D eigenvalue weighted by atomic mass is 19.1. The van der Waals surface area contributed by atoms with Gasteiger partial charge in [-0.2, -0.15) is 0 Å². The molecule has 0 aromatic heterocycles. The van der Waals surface area contributed by atoms with Gasteiger partial charge in [-0.05, 0) is 37.1 Å². The number of nitrogens with zero attached hydrogens (tertiary/aromatic N) is 2. The second kappa shape index (κ2) is 6.84. The van der Waals surface area contributed by atoms with Crippen LogP contribution in [0.3, 0.4) is 0 Å². The summed E-state index contributed by atoms with van der Waals surface area (Å²) in [5.41, 5.74) is 1.15. The number of hydrogen-bond donors (Lipinski definition) is 0. The molecule has 1 heterocycles. The number of carbonyl (C=O) groups is 1. The number of halogens is 1. The van der Waals surface area contributed by atoms with E-state index in [2.05, 4.69) is 18.9 Å². The molecule has 1 atom stereocenters. The molecule has 2 rings (SSSR count). The third-order valence-corrected chi connectivity index (χ3v) is 3.95. The van der Waals surface area contributed by atoms with E-state index in [1.165, 1.54) is 12.1 Å². The molecule has 1 aromatic carbocycles. The Morgan fingerprint density at radius 1 is 1.35 bits per heavy atom. The standard InChI is InChI=1S/C16H23FN2O/c1-13(14-5-7-15(17)8-6-14)12-18(2)10-11-19-9-3-4-16(19)20/h5-8,13H,3-4,9-12H2,1-2H3/t13-/m1/s1. The van der Waals surface area contributed by atoms with Gasteiger partial charge in [0.1, 0.15) is 5.82 Å². The Balaban J connectivity index is 1.77. The molecular formula is C16H23FN2O. The Labute approximate surface area is 120 Å². The second-order valence-corrected chi connectivity index (χ2v) is 5.70. The summed E-state index contributed by atoms with van der Waals surface area (Å²) in [7, 11) is 2.07. The lowest BCUT2D eigenvalue weighted by molar-refractivity contribution is -0.127. The van der Waals surface area contributed by atoms with Crippen molar-refractivity contribution < 1.29 is 9.18 Å². The van der Waals surface area contributed by atoms with Gasteiger partial charge in [0, 0.05) is 32.6 Å². The average molecular weight is 278 g/mol. The molecule has 0 bridgehead atoms. The lowest BCUT2D eigenvalue weighted by atomic mass is 10.0. The van der Waals surface area contributed by atoms with Gasteiger partial charge in [-0.1, -0.05) is 19.1 Å².